The maximum absolute atomic E-state index is 14.8. The number of amides is 1. The number of benzene rings is 2. The van der Waals surface area contributed by atoms with Crippen LogP contribution in [0.3, 0.4) is 0 Å². The van der Waals surface area contributed by atoms with Crippen molar-refractivity contribution in [3.05, 3.63) is 42.2 Å². The van der Waals surface area contributed by atoms with E-state index >= 15 is 0 Å². The van der Waals surface area contributed by atoms with Crippen molar-refractivity contribution in [1.29, 1.82) is 0 Å². The molecule has 1 amide bonds. The fraction of sp³-hybridized carbons (Fsp3) is 0.391. The molecule has 1 saturated heterocycles. The Morgan fingerprint density at radius 1 is 1.13 bits per heavy atom. The number of halogens is 1. The van der Waals surface area contributed by atoms with Crippen LogP contribution >= 0.6 is 0 Å². The van der Waals surface area contributed by atoms with Gasteiger partial charge in [-0.25, -0.2) is 9.82 Å². The smallest absolute Gasteiger partial charge is 0.262 e. The van der Waals surface area contributed by atoms with Gasteiger partial charge in [-0.15, -0.1) is 0 Å². The van der Waals surface area contributed by atoms with Crippen LogP contribution in [0.25, 0.3) is 11.1 Å². The molecule has 3 heterocycles. The number of nitrogens with one attached hydrogen (secondary N) is 1. The lowest BCUT2D eigenvalue weighted by Crippen LogP contribution is -2.55. The molecule has 5 rings (SSSR count). The Labute approximate surface area is 181 Å². The highest BCUT2D eigenvalue weighted by molar-refractivity contribution is 6.10. The van der Waals surface area contributed by atoms with E-state index in [1.807, 2.05) is 30.0 Å². The summed E-state index contributed by atoms with van der Waals surface area (Å²) in [7, 11) is 2.12. The molecular weight excluding hydrogens is 397 g/mol. The summed E-state index contributed by atoms with van der Waals surface area (Å²) in [5, 5.41) is 4.18. The summed E-state index contributed by atoms with van der Waals surface area (Å²) in [5.74, 6) is 0.861. The van der Waals surface area contributed by atoms with Gasteiger partial charge >= 0.3 is 0 Å². The third-order valence-electron chi connectivity index (χ3n) is 6.50. The van der Waals surface area contributed by atoms with Crippen LogP contribution in [-0.4, -0.2) is 62.0 Å². The molecule has 2 atom stereocenters. The number of rotatable bonds is 2. The maximum atomic E-state index is 14.8. The third kappa shape index (κ3) is 3.31. The molecule has 31 heavy (non-hydrogen) atoms. The predicted octanol–water partition coefficient (Wildman–Crippen LogP) is 2.66. The number of anilines is 2. The molecule has 2 aromatic rings. The van der Waals surface area contributed by atoms with Crippen molar-refractivity contribution in [3.63, 3.8) is 0 Å². The summed E-state index contributed by atoms with van der Waals surface area (Å²) in [6, 6.07) is 10.7. The summed E-state index contributed by atoms with van der Waals surface area (Å²) in [4.78, 5) is 18.8. The first-order valence-electron chi connectivity index (χ1n) is 10.6. The van der Waals surface area contributed by atoms with Crippen LogP contribution in [-0.2, 0) is 4.79 Å². The second-order valence-electron chi connectivity index (χ2n) is 8.43. The molecule has 0 unspecified atom stereocenters. The van der Waals surface area contributed by atoms with Crippen molar-refractivity contribution in [2.45, 2.75) is 25.9 Å². The Balaban J connectivity index is 1.68. The molecule has 1 N–H and O–H groups in total. The van der Waals surface area contributed by atoms with Gasteiger partial charge in [0.2, 0.25) is 0 Å². The van der Waals surface area contributed by atoms with E-state index in [0.29, 0.717) is 23.2 Å². The number of hydrazone groups is 1. The van der Waals surface area contributed by atoms with Crippen molar-refractivity contribution >= 4 is 23.1 Å². The van der Waals surface area contributed by atoms with Crippen LogP contribution in [0.4, 0.5) is 15.8 Å². The Morgan fingerprint density at radius 3 is 2.71 bits per heavy atom. The molecule has 1 fully saturated rings. The maximum Gasteiger partial charge on any atom is 0.262 e. The van der Waals surface area contributed by atoms with Crippen LogP contribution in [0.2, 0.25) is 0 Å². The molecule has 0 saturated carbocycles. The van der Waals surface area contributed by atoms with Crippen molar-refractivity contribution in [2.24, 2.45) is 5.10 Å². The molecule has 3 aliphatic rings. The zero-order chi connectivity index (χ0) is 21.7. The van der Waals surface area contributed by atoms with Gasteiger partial charge < -0.3 is 19.4 Å². The largest absolute Gasteiger partial charge is 0.483 e. The van der Waals surface area contributed by atoms with Crippen molar-refractivity contribution < 1.29 is 13.9 Å². The molecule has 2 aromatic carbocycles. The van der Waals surface area contributed by atoms with E-state index in [-0.39, 0.29) is 18.3 Å². The molecule has 0 aromatic heterocycles. The van der Waals surface area contributed by atoms with Gasteiger partial charge in [0.05, 0.1) is 5.69 Å². The summed E-state index contributed by atoms with van der Waals surface area (Å²) < 4.78 is 20.8. The van der Waals surface area contributed by atoms with Gasteiger partial charge in [0.15, 0.2) is 5.84 Å². The van der Waals surface area contributed by atoms with Crippen LogP contribution in [0.15, 0.2) is 41.5 Å². The number of amidine groups is 1. The highest BCUT2D eigenvalue weighted by atomic mass is 19.1. The topological polar surface area (TPSA) is 60.4 Å². The minimum Gasteiger partial charge on any atom is -0.483 e. The SMILES string of the molecule is C[C@@H]1C(=O)NN=C2COc3cc(-c4ccccc4F)c(N4CCN(C)[C@@H](C)C4)cc3N21. The molecule has 7 nitrogen and oxygen atoms in total. The quantitative estimate of drug-likeness (QED) is 0.805. The Kier molecular flexibility index (Phi) is 4.81. The first-order chi connectivity index (χ1) is 14.9. The van der Waals surface area contributed by atoms with Gasteiger partial charge in [0, 0.05) is 42.5 Å². The third-order valence-corrected chi connectivity index (χ3v) is 6.50. The molecule has 0 bridgehead atoms. The highest BCUT2D eigenvalue weighted by Crippen LogP contribution is 2.44. The Morgan fingerprint density at radius 2 is 1.94 bits per heavy atom. The average molecular weight is 423 g/mol. The number of ether oxygens (including phenoxy) is 1. The van der Waals surface area contributed by atoms with Crippen LogP contribution in [0.1, 0.15) is 13.8 Å². The number of fused-ring (bicyclic) bond motifs is 3. The molecule has 8 heteroatoms. The first kappa shape index (κ1) is 19.8. The van der Waals surface area contributed by atoms with E-state index in [0.717, 1.165) is 36.6 Å². The normalized spacial score (nSPS) is 23.5. The van der Waals surface area contributed by atoms with Crippen molar-refractivity contribution in [2.75, 3.05) is 43.1 Å². The van der Waals surface area contributed by atoms with Gasteiger partial charge in [-0.1, -0.05) is 18.2 Å². The minimum atomic E-state index is -0.409. The minimum absolute atomic E-state index is 0.162. The fourth-order valence-corrected chi connectivity index (χ4v) is 4.48. The predicted molar refractivity (Wildman–Crippen MR) is 119 cm³/mol. The molecule has 162 valence electrons. The zero-order valence-electron chi connectivity index (χ0n) is 17.9. The number of nitrogens with zero attached hydrogens (tertiary/aromatic N) is 4. The molecule has 0 radical (unpaired) electrons. The van der Waals surface area contributed by atoms with Gasteiger partial charge in [-0.3, -0.25) is 4.79 Å². The zero-order valence-corrected chi connectivity index (χ0v) is 17.9. The number of piperazine rings is 1. The monoisotopic (exact) mass is 423 g/mol. The second-order valence-corrected chi connectivity index (χ2v) is 8.43. The van der Waals surface area contributed by atoms with E-state index in [4.69, 9.17) is 4.74 Å². The van der Waals surface area contributed by atoms with E-state index in [1.54, 1.807) is 12.1 Å². The lowest BCUT2D eigenvalue weighted by Gasteiger charge is -2.42. The summed E-state index contributed by atoms with van der Waals surface area (Å²) in [6.07, 6.45) is 0. The van der Waals surface area contributed by atoms with E-state index in [9.17, 15) is 9.18 Å². The molecule has 0 aliphatic carbocycles. The van der Waals surface area contributed by atoms with Gasteiger partial charge in [0.1, 0.15) is 24.2 Å². The number of hydrogen-bond acceptors (Lipinski definition) is 6. The Bertz CT molecular complexity index is 1070. The first-order valence-corrected chi connectivity index (χ1v) is 10.6. The highest BCUT2D eigenvalue weighted by Gasteiger charge is 2.36. The molecular formula is C23H26FN5O2. The van der Waals surface area contributed by atoms with E-state index < -0.39 is 6.04 Å². The van der Waals surface area contributed by atoms with Crippen LogP contribution in [0, 0.1) is 5.82 Å². The average Bonchev–Trinajstić information content (AvgIpc) is 2.77. The van der Waals surface area contributed by atoms with E-state index in [1.165, 1.54) is 6.07 Å². The summed E-state index contributed by atoms with van der Waals surface area (Å²) >= 11 is 0. The van der Waals surface area contributed by atoms with Crippen molar-refractivity contribution in [3.8, 4) is 16.9 Å². The number of carbonyl (C=O) groups is 1. The number of likely N-dealkylation sites (N-methyl/N-ethyl adjacent to an activating group) is 1. The Hall–Kier alpha value is -3.13. The van der Waals surface area contributed by atoms with Crippen LogP contribution in [0.5, 0.6) is 5.75 Å². The molecule has 0 spiro atoms. The standard InChI is InChI=1S/C23H26FN5O2/c1-14-12-28(9-8-27(14)3)19-11-20-21(10-17(19)16-6-4-5-7-18(16)24)31-13-22-25-26-23(30)15(2)29(20)22/h4-7,10-11,14-15H,8-9,12-13H2,1-3H3,(H,26,30)/t14-,15+/m0/s1. The van der Waals surface area contributed by atoms with Gasteiger partial charge in [-0.2, -0.15) is 5.10 Å². The molecule has 3 aliphatic heterocycles. The second kappa shape index (κ2) is 7.53. The van der Waals surface area contributed by atoms with Gasteiger partial charge in [0.25, 0.3) is 5.91 Å². The van der Waals surface area contributed by atoms with Crippen LogP contribution < -0.4 is 20.0 Å². The summed E-state index contributed by atoms with van der Waals surface area (Å²) in [6.45, 7) is 6.87. The van der Waals surface area contributed by atoms with E-state index in [2.05, 4.69) is 34.3 Å². The number of hydrogen-bond donors (Lipinski definition) is 1. The van der Waals surface area contributed by atoms with Crippen molar-refractivity contribution in [1.82, 2.24) is 10.3 Å². The lowest BCUT2D eigenvalue weighted by atomic mass is 9.98. The fourth-order valence-electron chi connectivity index (χ4n) is 4.48. The summed E-state index contributed by atoms with van der Waals surface area (Å²) in [5.41, 5.74) is 5.62. The lowest BCUT2D eigenvalue weighted by molar-refractivity contribution is -0.122. The van der Waals surface area contributed by atoms with Gasteiger partial charge in [-0.05, 0) is 39.1 Å². The number of carbonyl (C=O) groups excluding carboxylic acids is 1.